The molecule has 0 unspecified atom stereocenters. The van der Waals surface area contributed by atoms with Crippen molar-refractivity contribution in [1.29, 1.82) is 0 Å². The summed E-state index contributed by atoms with van der Waals surface area (Å²) in [6, 6.07) is 12.0. The molecule has 39 heavy (non-hydrogen) atoms. The van der Waals surface area contributed by atoms with E-state index in [9.17, 15) is 18.0 Å². The van der Waals surface area contributed by atoms with Gasteiger partial charge < -0.3 is 19.7 Å². The molecule has 0 spiro atoms. The van der Waals surface area contributed by atoms with Gasteiger partial charge in [-0.25, -0.2) is 8.42 Å². The maximum atomic E-state index is 13.3. The number of hydrogen-bond donors (Lipinski definition) is 1. The van der Waals surface area contributed by atoms with Crippen LogP contribution in [0.3, 0.4) is 0 Å². The van der Waals surface area contributed by atoms with Crippen LogP contribution in [0.15, 0.2) is 47.4 Å². The quantitative estimate of drug-likeness (QED) is 0.475. The van der Waals surface area contributed by atoms with Crippen molar-refractivity contribution in [1.82, 2.24) is 4.31 Å². The molecule has 11 heteroatoms. The smallest absolute Gasteiger partial charge is 0.317 e. The van der Waals surface area contributed by atoms with Gasteiger partial charge in [0.2, 0.25) is 10.0 Å². The molecule has 210 valence electrons. The van der Waals surface area contributed by atoms with Gasteiger partial charge in [0.05, 0.1) is 34.9 Å². The first-order valence-corrected chi connectivity index (χ1v) is 15.3. The summed E-state index contributed by atoms with van der Waals surface area (Å²) in [5.41, 5.74) is 1.19. The Morgan fingerprint density at radius 1 is 0.949 bits per heavy atom. The predicted octanol–water partition coefficient (Wildman–Crippen LogP) is 3.95. The number of amides is 1. The average Bonchev–Trinajstić information content (AvgIpc) is 3.66. The van der Waals surface area contributed by atoms with Gasteiger partial charge in [0.15, 0.2) is 6.61 Å². The molecule has 2 heterocycles. The third kappa shape index (κ3) is 5.94. The summed E-state index contributed by atoms with van der Waals surface area (Å²) >= 11 is 6.05. The van der Waals surface area contributed by atoms with Gasteiger partial charge >= 0.3 is 5.97 Å². The highest BCUT2D eigenvalue weighted by Gasteiger charge is 2.44. The molecule has 1 amide bonds. The lowest BCUT2D eigenvalue weighted by Gasteiger charge is -2.28. The van der Waals surface area contributed by atoms with E-state index in [1.54, 1.807) is 24.3 Å². The summed E-state index contributed by atoms with van der Waals surface area (Å²) in [7, 11) is -3.75. The minimum Gasteiger partial charge on any atom is -0.455 e. The molecule has 1 saturated carbocycles. The maximum absolute atomic E-state index is 13.3. The van der Waals surface area contributed by atoms with Gasteiger partial charge in [0.1, 0.15) is 0 Å². The normalized spacial score (nSPS) is 19.7. The lowest BCUT2D eigenvalue weighted by atomic mass is 9.79. The molecular formula is C28H34ClN3O6S. The molecule has 3 aliphatic rings. The Morgan fingerprint density at radius 2 is 1.62 bits per heavy atom. The van der Waals surface area contributed by atoms with Crippen molar-refractivity contribution in [3.63, 3.8) is 0 Å². The Balaban J connectivity index is 1.33. The van der Waals surface area contributed by atoms with Crippen molar-refractivity contribution in [2.75, 3.05) is 56.2 Å². The number of halogens is 1. The topological polar surface area (TPSA) is 105 Å². The average molecular weight is 576 g/mol. The van der Waals surface area contributed by atoms with Crippen LogP contribution >= 0.6 is 11.6 Å². The van der Waals surface area contributed by atoms with Crippen molar-refractivity contribution in [3.05, 3.63) is 53.1 Å². The lowest BCUT2D eigenvalue weighted by molar-refractivity contribution is -0.153. The third-order valence-corrected chi connectivity index (χ3v) is 10.0. The van der Waals surface area contributed by atoms with Crippen LogP contribution in [0.1, 0.15) is 44.1 Å². The summed E-state index contributed by atoms with van der Waals surface area (Å²) in [5.74, 6) is -0.949. The zero-order chi connectivity index (χ0) is 27.5. The fraction of sp³-hybridized carbons (Fsp3) is 0.500. The monoisotopic (exact) mass is 575 g/mol. The Bertz CT molecular complexity index is 1300. The fourth-order valence-corrected chi connectivity index (χ4v) is 7.32. The molecule has 9 nitrogen and oxygen atoms in total. The molecular weight excluding hydrogens is 542 g/mol. The zero-order valence-corrected chi connectivity index (χ0v) is 23.4. The minimum absolute atomic E-state index is 0.104. The van der Waals surface area contributed by atoms with Crippen molar-refractivity contribution in [2.24, 2.45) is 0 Å². The summed E-state index contributed by atoms with van der Waals surface area (Å²) in [6.07, 6.45) is 5.13. The number of hydrogen-bond acceptors (Lipinski definition) is 7. The Hall–Kier alpha value is -2.66. The van der Waals surface area contributed by atoms with Crippen molar-refractivity contribution in [2.45, 2.75) is 48.8 Å². The van der Waals surface area contributed by atoms with E-state index in [1.165, 1.54) is 10.4 Å². The molecule has 2 saturated heterocycles. The van der Waals surface area contributed by atoms with Gasteiger partial charge in [0, 0.05) is 31.2 Å². The molecule has 2 aromatic carbocycles. The molecule has 2 aromatic rings. The van der Waals surface area contributed by atoms with E-state index in [4.69, 9.17) is 21.1 Å². The van der Waals surface area contributed by atoms with Crippen LogP contribution in [-0.4, -0.2) is 70.6 Å². The number of rotatable bonds is 8. The van der Waals surface area contributed by atoms with Crippen LogP contribution in [0.5, 0.6) is 0 Å². The predicted molar refractivity (Wildman–Crippen MR) is 149 cm³/mol. The molecule has 0 bridgehead atoms. The molecule has 3 fully saturated rings. The van der Waals surface area contributed by atoms with Gasteiger partial charge in [0.25, 0.3) is 5.91 Å². The van der Waals surface area contributed by atoms with E-state index < -0.39 is 33.9 Å². The second-order valence-electron chi connectivity index (χ2n) is 10.3. The van der Waals surface area contributed by atoms with Crippen LogP contribution in [0.25, 0.3) is 0 Å². The van der Waals surface area contributed by atoms with Crippen molar-refractivity contribution in [3.8, 4) is 0 Å². The third-order valence-electron chi connectivity index (χ3n) is 7.88. The van der Waals surface area contributed by atoms with Gasteiger partial charge in [-0.3, -0.25) is 9.59 Å². The Labute approximate surface area is 234 Å². The number of esters is 1. The number of nitrogens with zero attached hydrogens (tertiary/aromatic N) is 2. The molecule has 1 N–H and O–H groups in total. The van der Waals surface area contributed by atoms with Crippen molar-refractivity contribution < 1.29 is 27.5 Å². The van der Waals surface area contributed by atoms with E-state index in [-0.39, 0.29) is 18.0 Å². The molecule has 1 aliphatic carbocycles. The van der Waals surface area contributed by atoms with Crippen LogP contribution in [0.2, 0.25) is 5.02 Å². The largest absolute Gasteiger partial charge is 0.455 e. The highest BCUT2D eigenvalue weighted by molar-refractivity contribution is 7.89. The first-order chi connectivity index (χ1) is 18.8. The maximum Gasteiger partial charge on any atom is 0.317 e. The van der Waals surface area contributed by atoms with E-state index in [1.807, 2.05) is 12.1 Å². The molecule has 0 aromatic heterocycles. The molecule has 0 radical (unpaired) electrons. The number of benzene rings is 2. The number of carbonyl (C=O) groups excluding carboxylic acids is 2. The lowest BCUT2D eigenvalue weighted by Crippen LogP contribution is -2.40. The van der Waals surface area contributed by atoms with E-state index in [0.29, 0.717) is 36.8 Å². The van der Waals surface area contributed by atoms with E-state index in [0.717, 1.165) is 50.0 Å². The van der Waals surface area contributed by atoms with Crippen LogP contribution in [-0.2, 0) is 34.5 Å². The second kappa shape index (κ2) is 11.8. The van der Waals surface area contributed by atoms with Crippen LogP contribution in [0, 0.1) is 0 Å². The van der Waals surface area contributed by atoms with Crippen LogP contribution < -0.4 is 10.2 Å². The summed E-state index contributed by atoms with van der Waals surface area (Å²) in [5, 5.41) is 3.41. The first-order valence-electron chi connectivity index (χ1n) is 13.5. The highest BCUT2D eigenvalue weighted by Crippen LogP contribution is 2.42. The van der Waals surface area contributed by atoms with Gasteiger partial charge in [-0.15, -0.1) is 0 Å². The SMILES string of the molecule is O=C(COC(=O)C1(c2ccc(Cl)cc2)CCCC1)Nc1cc(S(=O)(=O)N2CCOCC2)ccc1N1CCCC1. The number of carbonyl (C=O) groups is 2. The standard InChI is InChI=1S/C28H34ClN3O6S/c29-22-7-5-21(6-8-22)28(11-1-2-12-28)27(34)38-20-26(33)30-24-19-23(9-10-25(24)31-13-3-4-14-31)39(35,36)32-15-17-37-18-16-32/h5-10,19H,1-4,11-18,20H2,(H,30,33). The number of anilines is 2. The first kappa shape index (κ1) is 27.9. The minimum atomic E-state index is -3.75. The van der Waals surface area contributed by atoms with E-state index in [2.05, 4.69) is 10.2 Å². The van der Waals surface area contributed by atoms with Crippen molar-refractivity contribution >= 4 is 44.9 Å². The number of ether oxygens (including phenoxy) is 2. The molecule has 2 aliphatic heterocycles. The number of nitrogens with one attached hydrogen (secondary N) is 1. The van der Waals surface area contributed by atoms with Gasteiger partial charge in [-0.1, -0.05) is 36.6 Å². The molecule has 0 atom stereocenters. The summed E-state index contributed by atoms with van der Waals surface area (Å²) in [4.78, 5) is 28.6. The summed E-state index contributed by atoms with van der Waals surface area (Å²) in [6.45, 7) is 2.42. The number of morpholine rings is 1. The zero-order valence-electron chi connectivity index (χ0n) is 21.9. The van der Waals surface area contributed by atoms with Gasteiger partial charge in [-0.05, 0) is 61.6 Å². The summed E-state index contributed by atoms with van der Waals surface area (Å²) < 4.78 is 38.8. The second-order valence-corrected chi connectivity index (χ2v) is 12.7. The molecule has 5 rings (SSSR count). The fourth-order valence-electron chi connectivity index (χ4n) is 5.76. The Morgan fingerprint density at radius 3 is 2.28 bits per heavy atom. The van der Waals surface area contributed by atoms with Gasteiger partial charge in [-0.2, -0.15) is 4.31 Å². The highest BCUT2D eigenvalue weighted by atomic mass is 35.5. The van der Waals surface area contributed by atoms with Crippen LogP contribution in [0.4, 0.5) is 11.4 Å². The number of sulfonamides is 1. The van der Waals surface area contributed by atoms with E-state index >= 15 is 0 Å². The Kier molecular flexibility index (Phi) is 8.46.